The van der Waals surface area contributed by atoms with Crippen LogP contribution in [0.3, 0.4) is 0 Å². The van der Waals surface area contributed by atoms with Crippen molar-refractivity contribution in [2.75, 3.05) is 17.2 Å². The highest BCUT2D eigenvalue weighted by atomic mass is 35.5. The Kier molecular flexibility index (Phi) is 6.63. The van der Waals surface area contributed by atoms with Crippen LogP contribution < -0.4 is 4.90 Å². The maximum atomic E-state index is 12.8. The van der Waals surface area contributed by atoms with Crippen molar-refractivity contribution in [2.24, 2.45) is 0 Å². The van der Waals surface area contributed by atoms with Crippen LogP contribution in [0, 0.1) is 18.3 Å². The van der Waals surface area contributed by atoms with Crippen molar-refractivity contribution in [3.63, 3.8) is 0 Å². The minimum atomic E-state index is -0.151. The van der Waals surface area contributed by atoms with Gasteiger partial charge in [0.25, 0.3) is 0 Å². The normalized spacial score (nSPS) is 10.5. The molecule has 7 nitrogen and oxygen atoms in total. The average molecular weight is 413 g/mol. The quantitative estimate of drug-likeness (QED) is 0.550. The third-order valence-electron chi connectivity index (χ3n) is 3.98. The second-order valence-corrected chi connectivity index (χ2v) is 7.26. The van der Waals surface area contributed by atoms with Gasteiger partial charge in [-0.25, -0.2) is 0 Å². The highest BCUT2D eigenvalue weighted by Crippen LogP contribution is 2.24. The third-order valence-corrected chi connectivity index (χ3v) is 5.12. The number of thioether (sulfide) groups is 1. The molecule has 1 amide bonds. The summed E-state index contributed by atoms with van der Waals surface area (Å²) in [5.41, 5.74) is 2.54. The second kappa shape index (κ2) is 9.35. The molecule has 0 aliphatic rings. The Morgan fingerprint density at radius 2 is 2.11 bits per heavy atom. The Balaban J connectivity index is 1.76. The molecule has 1 heterocycles. The Morgan fingerprint density at radius 1 is 1.29 bits per heavy atom. The molecule has 2 aromatic carbocycles. The molecule has 1 aromatic heterocycles. The molecule has 0 fully saturated rings. The monoisotopic (exact) mass is 412 g/mol. The molecule has 3 rings (SSSR count). The molecule has 0 atom stereocenters. The number of nitriles is 1. The standard InChI is InChI=1S/C19H17ClN6OS/c1-14-6-2-3-9-17(14)26-19(22-23-24-26)28-13-18(27)25(11-5-10-21)16-8-4-7-15(20)12-16/h2-4,6-9,12H,5,11,13H2,1H3. The smallest absolute Gasteiger partial charge is 0.237 e. The first-order chi connectivity index (χ1) is 13.6. The molecule has 0 bridgehead atoms. The summed E-state index contributed by atoms with van der Waals surface area (Å²) in [6.45, 7) is 2.26. The number of benzene rings is 2. The van der Waals surface area contributed by atoms with Crippen molar-refractivity contribution in [3.8, 4) is 11.8 Å². The van der Waals surface area contributed by atoms with Crippen LogP contribution in [0.2, 0.25) is 5.02 Å². The van der Waals surface area contributed by atoms with Crippen molar-refractivity contribution >= 4 is 35.0 Å². The summed E-state index contributed by atoms with van der Waals surface area (Å²) < 4.78 is 1.62. The third kappa shape index (κ3) is 4.68. The number of aryl methyl sites for hydroxylation is 1. The molecule has 3 aromatic rings. The van der Waals surface area contributed by atoms with Crippen LogP contribution in [-0.2, 0) is 4.79 Å². The van der Waals surface area contributed by atoms with E-state index in [1.54, 1.807) is 33.8 Å². The number of tetrazole rings is 1. The molecule has 0 N–H and O–H groups in total. The fourth-order valence-corrected chi connectivity index (χ4v) is 3.57. The predicted octanol–water partition coefficient (Wildman–Crippen LogP) is 3.66. The van der Waals surface area contributed by atoms with E-state index >= 15 is 0 Å². The molecule has 0 saturated heterocycles. The van der Waals surface area contributed by atoms with Crippen LogP contribution in [0.1, 0.15) is 12.0 Å². The molecule has 28 heavy (non-hydrogen) atoms. The van der Waals surface area contributed by atoms with Crippen molar-refractivity contribution in [1.82, 2.24) is 20.2 Å². The van der Waals surface area contributed by atoms with Gasteiger partial charge in [0, 0.05) is 17.3 Å². The minimum absolute atomic E-state index is 0.129. The van der Waals surface area contributed by atoms with Gasteiger partial charge < -0.3 is 4.90 Å². The van der Waals surface area contributed by atoms with E-state index in [0.29, 0.717) is 22.4 Å². The van der Waals surface area contributed by atoms with Crippen molar-refractivity contribution < 1.29 is 4.79 Å². The fraction of sp³-hybridized carbons (Fsp3) is 0.211. The zero-order valence-electron chi connectivity index (χ0n) is 15.1. The van der Waals surface area contributed by atoms with Gasteiger partial charge in [-0.05, 0) is 47.2 Å². The van der Waals surface area contributed by atoms with Crippen molar-refractivity contribution in [2.45, 2.75) is 18.5 Å². The number of aromatic nitrogens is 4. The summed E-state index contributed by atoms with van der Waals surface area (Å²) >= 11 is 7.30. The minimum Gasteiger partial charge on any atom is -0.311 e. The highest BCUT2D eigenvalue weighted by molar-refractivity contribution is 7.99. The average Bonchev–Trinajstić information content (AvgIpc) is 3.15. The van der Waals surface area contributed by atoms with Crippen molar-refractivity contribution in [1.29, 1.82) is 5.26 Å². The molecule has 0 aliphatic carbocycles. The van der Waals surface area contributed by atoms with E-state index in [-0.39, 0.29) is 18.1 Å². The van der Waals surface area contributed by atoms with Crippen LogP contribution in [0.5, 0.6) is 0 Å². The van der Waals surface area contributed by atoms with Gasteiger partial charge in [0.1, 0.15) is 0 Å². The molecule has 0 radical (unpaired) electrons. The van der Waals surface area contributed by atoms with Crippen LogP contribution in [-0.4, -0.2) is 38.4 Å². The molecular formula is C19H17ClN6OS. The Hall–Kier alpha value is -2.89. The molecule has 0 saturated carbocycles. The lowest BCUT2D eigenvalue weighted by atomic mass is 10.2. The number of rotatable bonds is 7. The van der Waals surface area contributed by atoms with Gasteiger partial charge in [-0.2, -0.15) is 9.94 Å². The van der Waals surface area contributed by atoms with Gasteiger partial charge >= 0.3 is 0 Å². The number of carbonyl (C=O) groups is 1. The Labute approximate surface area is 171 Å². The van der Waals surface area contributed by atoms with E-state index in [4.69, 9.17) is 16.9 Å². The molecule has 0 spiro atoms. The van der Waals surface area contributed by atoms with E-state index in [1.807, 2.05) is 31.2 Å². The van der Waals surface area contributed by atoms with Crippen LogP contribution in [0.25, 0.3) is 5.69 Å². The van der Waals surface area contributed by atoms with Gasteiger partial charge in [-0.15, -0.1) is 5.10 Å². The number of hydrogen-bond donors (Lipinski definition) is 0. The number of para-hydroxylation sites is 1. The SMILES string of the molecule is Cc1ccccc1-n1nnnc1SCC(=O)N(CCC#N)c1cccc(Cl)c1. The van der Waals surface area contributed by atoms with Gasteiger partial charge in [0.05, 0.1) is 23.9 Å². The Morgan fingerprint density at radius 3 is 2.86 bits per heavy atom. The molecular weight excluding hydrogens is 396 g/mol. The largest absolute Gasteiger partial charge is 0.311 e. The van der Waals surface area contributed by atoms with E-state index in [2.05, 4.69) is 21.6 Å². The van der Waals surface area contributed by atoms with Crippen LogP contribution in [0.4, 0.5) is 5.69 Å². The molecule has 142 valence electrons. The summed E-state index contributed by atoms with van der Waals surface area (Å²) in [6.07, 6.45) is 0.226. The topological polar surface area (TPSA) is 87.7 Å². The molecule has 0 aliphatic heterocycles. The van der Waals surface area contributed by atoms with Gasteiger partial charge in [0.15, 0.2) is 0 Å². The summed E-state index contributed by atoms with van der Waals surface area (Å²) in [5, 5.41) is 21.8. The number of nitrogens with zero attached hydrogens (tertiary/aromatic N) is 6. The van der Waals surface area contributed by atoms with Gasteiger partial charge in [-0.1, -0.05) is 47.6 Å². The van der Waals surface area contributed by atoms with Crippen LogP contribution in [0.15, 0.2) is 53.7 Å². The number of carbonyl (C=O) groups excluding carboxylic acids is 1. The maximum absolute atomic E-state index is 12.8. The summed E-state index contributed by atoms with van der Waals surface area (Å²) in [7, 11) is 0. The zero-order valence-corrected chi connectivity index (χ0v) is 16.7. The van der Waals surface area contributed by atoms with E-state index in [1.165, 1.54) is 11.8 Å². The second-order valence-electron chi connectivity index (χ2n) is 5.88. The van der Waals surface area contributed by atoms with Gasteiger partial charge in [0.2, 0.25) is 11.1 Å². The van der Waals surface area contributed by atoms with E-state index < -0.39 is 0 Å². The lowest BCUT2D eigenvalue weighted by Crippen LogP contribution is -2.33. The van der Waals surface area contributed by atoms with Crippen LogP contribution >= 0.6 is 23.4 Å². The first-order valence-electron chi connectivity index (χ1n) is 8.50. The molecule has 9 heteroatoms. The van der Waals surface area contributed by atoms with Crippen molar-refractivity contribution in [3.05, 3.63) is 59.1 Å². The highest BCUT2D eigenvalue weighted by Gasteiger charge is 2.19. The summed E-state index contributed by atoms with van der Waals surface area (Å²) in [5.74, 6) is -0.0219. The summed E-state index contributed by atoms with van der Waals surface area (Å²) in [4.78, 5) is 14.4. The maximum Gasteiger partial charge on any atom is 0.237 e. The fourth-order valence-electron chi connectivity index (χ4n) is 2.63. The zero-order chi connectivity index (χ0) is 19.9. The first-order valence-corrected chi connectivity index (χ1v) is 9.86. The predicted molar refractivity (Wildman–Crippen MR) is 109 cm³/mol. The first kappa shape index (κ1) is 19.9. The number of hydrogen-bond acceptors (Lipinski definition) is 6. The van der Waals surface area contributed by atoms with E-state index in [9.17, 15) is 4.79 Å². The van der Waals surface area contributed by atoms with E-state index in [0.717, 1.165) is 11.3 Å². The summed E-state index contributed by atoms with van der Waals surface area (Å²) in [6, 6.07) is 16.8. The lowest BCUT2D eigenvalue weighted by molar-refractivity contribution is -0.116. The van der Waals surface area contributed by atoms with Gasteiger partial charge in [-0.3, -0.25) is 4.79 Å². The Bertz CT molecular complexity index is 1020. The molecule has 0 unspecified atom stereocenters. The number of halogens is 1. The lowest BCUT2D eigenvalue weighted by Gasteiger charge is -2.21. The number of anilines is 1. The number of amides is 1.